The Balaban J connectivity index is 2.08. The summed E-state index contributed by atoms with van der Waals surface area (Å²) in [5, 5.41) is 0.586. The molecule has 0 radical (unpaired) electrons. The molecule has 0 fully saturated rings. The van der Waals surface area contributed by atoms with Gasteiger partial charge in [0.2, 0.25) is 5.78 Å². The van der Waals surface area contributed by atoms with Crippen molar-refractivity contribution in [3.8, 4) is 0 Å². The van der Waals surface area contributed by atoms with E-state index in [1.165, 1.54) is 0 Å². The summed E-state index contributed by atoms with van der Waals surface area (Å²) in [4.78, 5) is 12.9. The number of alkyl halides is 1. The Morgan fingerprint density at radius 3 is 2.52 bits per heavy atom. The summed E-state index contributed by atoms with van der Waals surface area (Å²) in [5.41, 5.74) is 0.817. The molecule has 23 heavy (non-hydrogen) atoms. The molecule has 2 aromatic rings. The fraction of sp³-hybridized carbons (Fsp3) is 0.250. The van der Waals surface area contributed by atoms with E-state index >= 15 is 4.39 Å². The molecule has 2 atom stereocenters. The van der Waals surface area contributed by atoms with Crippen LogP contribution < -0.4 is 0 Å². The predicted octanol–water partition coefficient (Wildman–Crippen LogP) is 5.54. The maximum Gasteiger partial charge on any atom is 0.201 e. The third-order valence-electron chi connectivity index (χ3n) is 4.55. The number of aryl methyl sites for hydroxylation is 1. The van der Waals surface area contributed by atoms with Gasteiger partial charge >= 0.3 is 0 Å². The zero-order valence-corrected chi connectivity index (χ0v) is 13.7. The van der Waals surface area contributed by atoms with Crippen molar-refractivity contribution in [2.24, 2.45) is 0 Å². The van der Waals surface area contributed by atoms with Gasteiger partial charge in [-0.1, -0.05) is 60.2 Å². The molecule has 0 bridgehead atoms. The molecule has 3 heteroatoms. The number of allylic oxidation sites excluding steroid dienone is 1. The van der Waals surface area contributed by atoms with Crippen molar-refractivity contribution in [2.75, 3.05) is 0 Å². The smallest absolute Gasteiger partial charge is 0.201 e. The predicted molar refractivity (Wildman–Crippen MR) is 91.9 cm³/mol. The largest absolute Gasteiger partial charge is 0.290 e. The monoisotopic (exact) mass is 328 g/mol. The number of halogens is 2. The molecule has 118 valence electrons. The van der Waals surface area contributed by atoms with Crippen molar-refractivity contribution in [3.63, 3.8) is 0 Å². The second-order valence-corrected chi connectivity index (χ2v) is 6.62. The summed E-state index contributed by atoms with van der Waals surface area (Å²) in [7, 11) is 0. The average Bonchev–Trinajstić information content (AvgIpc) is 2.53. The number of carbonyl (C=O) groups is 1. The number of ketones is 1. The molecule has 0 heterocycles. The van der Waals surface area contributed by atoms with Gasteiger partial charge in [-0.25, -0.2) is 4.39 Å². The lowest BCUT2D eigenvalue weighted by Gasteiger charge is -2.37. The van der Waals surface area contributed by atoms with Gasteiger partial charge in [-0.3, -0.25) is 4.79 Å². The van der Waals surface area contributed by atoms with Crippen LogP contribution in [0.5, 0.6) is 0 Å². The fourth-order valence-corrected chi connectivity index (χ4v) is 3.61. The Labute approximate surface area is 140 Å². The number of hydrogen-bond acceptors (Lipinski definition) is 1. The van der Waals surface area contributed by atoms with Gasteiger partial charge in [-0.05, 0) is 43.0 Å². The summed E-state index contributed by atoms with van der Waals surface area (Å²) < 4.78 is 15.9. The van der Waals surface area contributed by atoms with Gasteiger partial charge in [-0.2, -0.15) is 0 Å². The minimum Gasteiger partial charge on any atom is -0.290 e. The number of Topliss-reactive ketones (excluding diaryl/α,β-unsaturated/α-hetero) is 1. The zero-order valence-electron chi connectivity index (χ0n) is 13.0. The minimum absolute atomic E-state index is 0.170. The molecule has 0 aromatic heterocycles. The van der Waals surface area contributed by atoms with E-state index in [-0.39, 0.29) is 6.42 Å². The highest BCUT2D eigenvalue weighted by Gasteiger charge is 2.49. The van der Waals surface area contributed by atoms with Gasteiger partial charge in [-0.15, -0.1) is 0 Å². The molecule has 0 amide bonds. The van der Waals surface area contributed by atoms with Crippen molar-refractivity contribution in [1.29, 1.82) is 0 Å². The highest BCUT2D eigenvalue weighted by Crippen LogP contribution is 2.45. The van der Waals surface area contributed by atoms with Crippen LogP contribution in [-0.4, -0.2) is 11.5 Å². The van der Waals surface area contributed by atoms with Crippen LogP contribution in [0.25, 0.3) is 0 Å². The first-order chi connectivity index (χ1) is 10.9. The van der Waals surface area contributed by atoms with E-state index in [0.29, 0.717) is 22.6 Å². The first kappa shape index (κ1) is 15.9. The normalized spacial score (nSPS) is 21.6. The summed E-state index contributed by atoms with van der Waals surface area (Å²) in [5.74, 6) is -1.11. The van der Waals surface area contributed by atoms with Crippen LogP contribution in [0.2, 0.25) is 5.02 Å². The third-order valence-corrected chi connectivity index (χ3v) is 4.80. The Hall–Kier alpha value is -1.93. The van der Waals surface area contributed by atoms with E-state index in [2.05, 4.69) is 6.58 Å². The Kier molecular flexibility index (Phi) is 4.11. The molecule has 1 aliphatic carbocycles. The SMILES string of the molecule is C=C(C)[C@@H](c1ccc(Cl)cc1)C1(F)CCc2ccccc2C1=O. The molecule has 1 unspecified atom stereocenters. The summed E-state index contributed by atoms with van der Waals surface area (Å²) in [6, 6.07) is 14.3. The van der Waals surface area contributed by atoms with E-state index in [9.17, 15) is 4.79 Å². The molecule has 0 saturated carbocycles. The lowest BCUT2D eigenvalue weighted by Crippen LogP contribution is -2.44. The summed E-state index contributed by atoms with van der Waals surface area (Å²) in [6.07, 6.45) is 0.721. The molecular weight excluding hydrogens is 311 g/mol. The highest BCUT2D eigenvalue weighted by atomic mass is 35.5. The summed E-state index contributed by atoms with van der Waals surface area (Å²) >= 11 is 5.93. The second-order valence-electron chi connectivity index (χ2n) is 6.18. The number of benzene rings is 2. The van der Waals surface area contributed by atoms with Crippen molar-refractivity contribution in [3.05, 3.63) is 82.4 Å². The first-order valence-corrected chi connectivity index (χ1v) is 8.04. The van der Waals surface area contributed by atoms with E-state index in [4.69, 9.17) is 11.6 Å². The maximum atomic E-state index is 15.9. The molecule has 0 aliphatic heterocycles. The maximum absolute atomic E-state index is 15.9. The lowest BCUT2D eigenvalue weighted by atomic mass is 9.69. The minimum atomic E-state index is -1.96. The number of rotatable bonds is 3. The van der Waals surface area contributed by atoms with Crippen LogP contribution in [0.1, 0.15) is 40.7 Å². The van der Waals surface area contributed by atoms with Crippen LogP contribution in [-0.2, 0) is 6.42 Å². The molecule has 2 aromatic carbocycles. The Bertz CT molecular complexity index is 765. The van der Waals surface area contributed by atoms with Gasteiger partial charge in [0.25, 0.3) is 0 Å². The Morgan fingerprint density at radius 1 is 1.22 bits per heavy atom. The second kappa shape index (κ2) is 5.93. The van der Waals surface area contributed by atoms with E-state index in [0.717, 1.165) is 11.1 Å². The van der Waals surface area contributed by atoms with Gasteiger partial charge in [0.1, 0.15) is 0 Å². The van der Waals surface area contributed by atoms with Crippen molar-refractivity contribution in [2.45, 2.75) is 31.4 Å². The number of hydrogen-bond donors (Lipinski definition) is 0. The molecule has 0 spiro atoms. The third kappa shape index (κ3) is 2.72. The van der Waals surface area contributed by atoms with Crippen molar-refractivity contribution >= 4 is 17.4 Å². The Morgan fingerprint density at radius 2 is 1.87 bits per heavy atom. The molecular formula is C20H18ClFO. The van der Waals surface area contributed by atoms with Crippen molar-refractivity contribution < 1.29 is 9.18 Å². The molecule has 1 aliphatic rings. The molecule has 0 saturated heterocycles. The van der Waals surface area contributed by atoms with E-state index in [1.54, 1.807) is 43.3 Å². The highest BCUT2D eigenvalue weighted by molar-refractivity contribution is 6.30. The van der Waals surface area contributed by atoms with Crippen LogP contribution in [0, 0.1) is 0 Å². The van der Waals surface area contributed by atoms with E-state index in [1.807, 2.05) is 12.1 Å². The standard InChI is InChI=1S/C20H18ClFO/c1-13(2)18(15-7-9-16(21)10-8-15)20(22)12-11-14-5-3-4-6-17(14)19(20)23/h3-10,18H,1,11-12H2,2H3/t18-,20?/m0/s1. The van der Waals surface area contributed by atoms with Crippen molar-refractivity contribution in [1.82, 2.24) is 0 Å². The lowest BCUT2D eigenvalue weighted by molar-refractivity contribution is 0.0584. The molecule has 3 rings (SSSR count). The summed E-state index contributed by atoms with van der Waals surface area (Å²) in [6.45, 7) is 5.71. The van der Waals surface area contributed by atoms with Crippen LogP contribution >= 0.6 is 11.6 Å². The van der Waals surface area contributed by atoms with Crippen LogP contribution in [0.15, 0.2) is 60.7 Å². The van der Waals surface area contributed by atoms with Crippen LogP contribution in [0.4, 0.5) is 4.39 Å². The topological polar surface area (TPSA) is 17.1 Å². The first-order valence-electron chi connectivity index (χ1n) is 7.66. The van der Waals surface area contributed by atoms with Gasteiger partial charge in [0, 0.05) is 16.5 Å². The molecule has 0 N–H and O–H groups in total. The number of fused-ring (bicyclic) bond motifs is 1. The van der Waals surface area contributed by atoms with E-state index < -0.39 is 17.4 Å². The fourth-order valence-electron chi connectivity index (χ4n) is 3.48. The quantitative estimate of drug-likeness (QED) is 0.676. The van der Waals surface area contributed by atoms with Gasteiger partial charge in [0.15, 0.2) is 5.67 Å². The van der Waals surface area contributed by atoms with Gasteiger partial charge in [0.05, 0.1) is 0 Å². The van der Waals surface area contributed by atoms with Crippen LogP contribution in [0.3, 0.4) is 0 Å². The average molecular weight is 329 g/mol. The number of carbonyl (C=O) groups excluding carboxylic acids is 1. The van der Waals surface area contributed by atoms with Gasteiger partial charge < -0.3 is 0 Å². The molecule has 1 nitrogen and oxygen atoms in total. The zero-order chi connectivity index (χ0) is 16.6.